The van der Waals surface area contributed by atoms with E-state index in [1.54, 1.807) is 0 Å². The molecule has 112 valence electrons. The van der Waals surface area contributed by atoms with Crippen LogP contribution in [0, 0.1) is 0 Å². The summed E-state index contributed by atoms with van der Waals surface area (Å²) in [6.07, 6.45) is 1.04. The summed E-state index contributed by atoms with van der Waals surface area (Å²) in [5.41, 5.74) is 1.01. The SMILES string of the molecule is CN1CCN(C)C(CC(O)Cc2ccc(Br)cc2Cl)C1. The Balaban J connectivity index is 1.93. The van der Waals surface area contributed by atoms with E-state index in [-0.39, 0.29) is 6.10 Å². The minimum atomic E-state index is -0.354. The maximum Gasteiger partial charge on any atom is 0.0596 e. The quantitative estimate of drug-likeness (QED) is 0.893. The predicted molar refractivity (Wildman–Crippen MR) is 87.4 cm³/mol. The molecule has 5 heteroatoms. The molecule has 3 nitrogen and oxygen atoms in total. The van der Waals surface area contributed by atoms with Crippen molar-refractivity contribution in [1.82, 2.24) is 9.80 Å². The highest BCUT2D eigenvalue weighted by Gasteiger charge is 2.24. The Morgan fingerprint density at radius 3 is 2.85 bits per heavy atom. The molecule has 1 aliphatic rings. The van der Waals surface area contributed by atoms with Crippen molar-refractivity contribution in [3.63, 3.8) is 0 Å². The van der Waals surface area contributed by atoms with E-state index >= 15 is 0 Å². The molecule has 1 heterocycles. The minimum absolute atomic E-state index is 0.354. The normalized spacial score (nSPS) is 22.9. The molecule has 0 amide bonds. The molecule has 2 rings (SSSR count). The van der Waals surface area contributed by atoms with Crippen LogP contribution in [0.4, 0.5) is 0 Å². The summed E-state index contributed by atoms with van der Waals surface area (Å²) < 4.78 is 0.967. The lowest BCUT2D eigenvalue weighted by Crippen LogP contribution is -2.51. The number of likely N-dealkylation sites (N-methyl/N-ethyl adjacent to an activating group) is 2. The third-order valence-electron chi connectivity index (χ3n) is 3.99. The molecule has 0 spiro atoms. The van der Waals surface area contributed by atoms with E-state index in [2.05, 4.69) is 39.8 Å². The van der Waals surface area contributed by atoms with Gasteiger partial charge in [-0.25, -0.2) is 0 Å². The van der Waals surface area contributed by atoms with Gasteiger partial charge in [-0.05, 0) is 44.6 Å². The lowest BCUT2D eigenvalue weighted by molar-refractivity contribution is 0.0639. The average molecular weight is 362 g/mol. The second-order valence-electron chi connectivity index (χ2n) is 5.73. The number of hydrogen-bond acceptors (Lipinski definition) is 3. The van der Waals surface area contributed by atoms with Gasteiger partial charge in [-0.2, -0.15) is 0 Å². The molecule has 2 atom stereocenters. The first-order chi connectivity index (χ1) is 9.45. The second kappa shape index (κ2) is 7.23. The van der Waals surface area contributed by atoms with Crippen LogP contribution in [0.2, 0.25) is 5.02 Å². The third kappa shape index (κ3) is 4.43. The molecule has 2 unspecified atom stereocenters. The van der Waals surface area contributed by atoms with Gasteiger partial charge in [0.2, 0.25) is 0 Å². The third-order valence-corrected chi connectivity index (χ3v) is 4.84. The smallest absolute Gasteiger partial charge is 0.0596 e. The standard InChI is InChI=1S/C15H22BrClN2O/c1-18-5-6-19(2)13(10-18)9-14(20)7-11-3-4-12(16)8-15(11)17/h3-4,8,13-14,20H,5-7,9-10H2,1-2H3. The van der Waals surface area contributed by atoms with E-state index in [0.29, 0.717) is 17.5 Å². The molecular formula is C15H22BrClN2O. The molecule has 20 heavy (non-hydrogen) atoms. The Morgan fingerprint density at radius 2 is 2.15 bits per heavy atom. The fraction of sp³-hybridized carbons (Fsp3) is 0.600. The number of rotatable bonds is 4. The van der Waals surface area contributed by atoms with Crippen LogP contribution in [-0.2, 0) is 6.42 Å². The number of nitrogens with zero attached hydrogens (tertiary/aromatic N) is 2. The van der Waals surface area contributed by atoms with Crippen LogP contribution >= 0.6 is 27.5 Å². The maximum atomic E-state index is 10.3. The summed E-state index contributed by atoms with van der Waals surface area (Å²) in [5.74, 6) is 0. The molecule has 1 fully saturated rings. The van der Waals surface area contributed by atoms with Crippen LogP contribution in [0.1, 0.15) is 12.0 Å². The summed E-state index contributed by atoms with van der Waals surface area (Å²) >= 11 is 9.61. The van der Waals surface area contributed by atoms with Gasteiger partial charge in [0.05, 0.1) is 6.10 Å². The Morgan fingerprint density at radius 1 is 1.40 bits per heavy atom. The molecule has 1 saturated heterocycles. The van der Waals surface area contributed by atoms with E-state index in [1.165, 1.54) is 0 Å². The van der Waals surface area contributed by atoms with Crippen molar-refractivity contribution in [2.24, 2.45) is 0 Å². The van der Waals surface area contributed by atoms with Crippen molar-refractivity contribution >= 4 is 27.5 Å². The summed E-state index contributed by atoms with van der Waals surface area (Å²) in [6, 6.07) is 6.24. The van der Waals surface area contributed by atoms with E-state index in [4.69, 9.17) is 11.6 Å². The number of piperazine rings is 1. The summed E-state index contributed by atoms with van der Waals surface area (Å²) in [4.78, 5) is 4.66. The summed E-state index contributed by atoms with van der Waals surface area (Å²) in [5, 5.41) is 11.1. The van der Waals surface area contributed by atoms with Gasteiger partial charge in [0.1, 0.15) is 0 Å². The van der Waals surface area contributed by atoms with Crippen molar-refractivity contribution in [2.75, 3.05) is 33.7 Å². The Labute approximate surface area is 134 Å². The minimum Gasteiger partial charge on any atom is -0.393 e. The van der Waals surface area contributed by atoms with Gasteiger partial charge < -0.3 is 14.9 Å². The number of aliphatic hydroxyl groups excluding tert-OH is 1. The van der Waals surface area contributed by atoms with E-state index in [9.17, 15) is 5.11 Å². The molecule has 0 radical (unpaired) electrons. The number of benzene rings is 1. The number of halogens is 2. The topological polar surface area (TPSA) is 26.7 Å². The monoisotopic (exact) mass is 360 g/mol. The molecule has 0 aromatic heterocycles. The molecule has 0 saturated carbocycles. The summed E-state index contributed by atoms with van der Waals surface area (Å²) in [6.45, 7) is 3.18. The Bertz CT molecular complexity index is 457. The van der Waals surface area contributed by atoms with Crippen molar-refractivity contribution in [3.05, 3.63) is 33.3 Å². The molecule has 1 aromatic carbocycles. The van der Waals surface area contributed by atoms with Crippen LogP contribution in [0.5, 0.6) is 0 Å². The highest BCUT2D eigenvalue weighted by atomic mass is 79.9. The van der Waals surface area contributed by atoms with Crippen molar-refractivity contribution in [2.45, 2.75) is 25.0 Å². The lowest BCUT2D eigenvalue weighted by Gasteiger charge is -2.38. The highest BCUT2D eigenvalue weighted by Crippen LogP contribution is 2.23. The van der Waals surface area contributed by atoms with Crippen LogP contribution in [0.15, 0.2) is 22.7 Å². The van der Waals surface area contributed by atoms with Gasteiger partial charge in [-0.15, -0.1) is 0 Å². The summed E-state index contributed by atoms with van der Waals surface area (Å²) in [7, 11) is 4.27. The zero-order chi connectivity index (χ0) is 14.7. The highest BCUT2D eigenvalue weighted by molar-refractivity contribution is 9.10. The zero-order valence-corrected chi connectivity index (χ0v) is 14.4. The van der Waals surface area contributed by atoms with E-state index in [0.717, 1.165) is 36.1 Å². The van der Waals surface area contributed by atoms with Crippen LogP contribution in [-0.4, -0.2) is 60.8 Å². The Hall–Kier alpha value is -0.130. The first-order valence-corrected chi connectivity index (χ1v) is 8.13. The van der Waals surface area contributed by atoms with Gasteiger partial charge >= 0.3 is 0 Å². The maximum absolute atomic E-state index is 10.3. The zero-order valence-electron chi connectivity index (χ0n) is 12.0. The van der Waals surface area contributed by atoms with E-state index < -0.39 is 0 Å². The van der Waals surface area contributed by atoms with Gasteiger partial charge in [-0.3, -0.25) is 0 Å². The first kappa shape index (κ1) is 16.2. The van der Waals surface area contributed by atoms with Gasteiger partial charge in [-0.1, -0.05) is 33.6 Å². The van der Waals surface area contributed by atoms with Gasteiger partial charge in [0.15, 0.2) is 0 Å². The van der Waals surface area contributed by atoms with Gasteiger partial charge in [0.25, 0.3) is 0 Å². The molecule has 1 N–H and O–H groups in total. The van der Waals surface area contributed by atoms with Crippen LogP contribution in [0.25, 0.3) is 0 Å². The van der Waals surface area contributed by atoms with Crippen molar-refractivity contribution in [1.29, 1.82) is 0 Å². The number of aliphatic hydroxyl groups is 1. The van der Waals surface area contributed by atoms with Crippen LogP contribution < -0.4 is 0 Å². The first-order valence-electron chi connectivity index (χ1n) is 6.96. The fourth-order valence-corrected chi connectivity index (χ4v) is 3.44. The predicted octanol–water partition coefficient (Wildman–Crippen LogP) is 2.64. The molecular weight excluding hydrogens is 340 g/mol. The van der Waals surface area contributed by atoms with Gasteiger partial charge in [0, 0.05) is 35.2 Å². The fourth-order valence-electron chi connectivity index (χ4n) is 2.69. The largest absolute Gasteiger partial charge is 0.393 e. The van der Waals surface area contributed by atoms with Crippen molar-refractivity contribution < 1.29 is 5.11 Å². The average Bonchev–Trinajstić information content (AvgIpc) is 2.37. The number of hydrogen-bond donors (Lipinski definition) is 1. The van der Waals surface area contributed by atoms with Crippen molar-refractivity contribution in [3.8, 4) is 0 Å². The second-order valence-corrected chi connectivity index (χ2v) is 7.05. The molecule has 1 aliphatic heterocycles. The molecule has 0 aliphatic carbocycles. The van der Waals surface area contributed by atoms with E-state index in [1.807, 2.05) is 18.2 Å². The van der Waals surface area contributed by atoms with Crippen LogP contribution in [0.3, 0.4) is 0 Å². The molecule has 0 bridgehead atoms. The molecule has 1 aromatic rings. The Kier molecular flexibility index (Phi) is 5.87. The lowest BCUT2D eigenvalue weighted by atomic mass is 9.99.